The monoisotopic (exact) mass is 216 g/mol. The minimum atomic E-state index is 0.359. The van der Waals surface area contributed by atoms with E-state index in [2.05, 4.69) is 47.6 Å². The van der Waals surface area contributed by atoms with Crippen LogP contribution in [-0.2, 0) is 0 Å². The molecule has 0 spiro atoms. The maximum absolute atomic E-state index is 4.59. The summed E-state index contributed by atoms with van der Waals surface area (Å²) in [5.41, 5.74) is 1.33. The third-order valence-corrected chi connectivity index (χ3v) is 3.06. The summed E-state index contributed by atoms with van der Waals surface area (Å²) >= 11 is 0. The zero-order valence-corrected chi connectivity index (χ0v) is 9.95. The lowest BCUT2D eigenvalue weighted by atomic mass is 10.1. The summed E-state index contributed by atoms with van der Waals surface area (Å²) in [5, 5.41) is 3.53. The Balaban J connectivity index is 1.96. The molecule has 2 rings (SSSR count). The van der Waals surface area contributed by atoms with Crippen molar-refractivity contribution in [3.05, 3.63) is 35.9 Å². The van der Waals surface area contributed by atoms with Crippen molar-refractivity contribution in [2.45, 2.75) is 38.6 Å². The predicted octanol–water partition coefficient (Wildman–Crippen LogP) is 3.31. The van der Waals surface area contributed by atoms with Gasteiger partial charge in [0, 0.05) is 19.0 Å². The van der Waals surface area contributed by atoms with Gasteiger partial charge in [0.15, 0.2) is 0 Å². The highest BCUT2D eigenvalue weighted by molar-refractivity contribution is 5.82. The molecule has 0 saturated heterocycles. The van der Waals surface area contributed by atoms with Gasteiger partial charge in [-0.05, 0) is 25.3 Å². The molecule has 2 heteroatoms. The Bertz CT molecular complexity index is 343. The van der Waals surface area contributed by atoms with Crippen LogP contribution in [0.25, 0.3) is 0 Å². The molecule has 0 aromatic heterocycles. The molecule has 1 aromatic rings. The molecule has 0 bridgehead atoms. The van der Waals surface area contributed by atoms with Crippen molar-refractivity contribution >= 4 is 5.84 Å². The number of benzene rings is 1. The Kier molecular flexibility index (Phi) is 3.97. The first-order chi connectivity index (χ1) is 7.86. The Morgan fingerprint density at radius 2 is 1.94 bits per heavy atom. The average Bonchev–Trinajstić information content (AvgIpc) is 2.59. The normalized spacial score (nSPS) is 18.4. The highest BCUT2D eigenvalue weighted by atomic mass is 15.0. The first kappa shape index (κ1) is 11.2. The minimum absolute atomic E-state index is 0.359. The number of hydrogen-bond donors (Lipinski definition) is 1. The van der Waals surface area contributed by atoms with Crippen LogP contribution in [0.1, 0.15) is 44.2 Å². The molecule has 0 radical (unpaired) electrons. The van der Waals surface area contributed by atoms with Crippen molar-refractivity contribution in [1.82, 2.24) is 5.32 Å². The average molecular weight is 216 g/mol. The summed E-state index contributed by atoms with van der Waals surface area (Å²) < 4.78 is 0. The molecule has 1 aliphatic heterocycles. The SMILES string of the molecule is C[C@H](NC1=NCCCCC1)c1ccccc1. The maximum atomic E-state index is 4.59. The molecule has 0 aliphatic carbocycles. The highest BCUT2D eigenvalue weighted by Gasteiger charge is 2.08. The van der Waals surface area contributed by atoms with E-state index in [-0.39, 0.29) is 0 Å². The first-order valence-corrected chi connectivity index (χ1v) is 6.21. The fourth-order valence-corrected chi connectivity index (χ4v) is 2.07. The molecule has 0 unspecified atom stereocenters. The number of hydrogen-bond acceptors (Lipinski definition) is 2. The number of nitrogens with one attached hydrogen (secondary N) is 1. The summed E-state index contributed by atoms with van der Waals surface area (Å²) in [6.45, 7) is 3.19. The highest BCUT2D eigenvalue weighted by Crippen LogP contribution is 2.13. The fraction of sp³-hybridized carbons (Fsp3) is 0.500. The fourth-order valence-electron chi connectivity index (χ4n) is 2.07. The lowest BCUT2D eigenvalue weighted by Crippen LogP contribution is -2.26. The molecular formula is C14H20N2. The van der Waals surface area contributed by atoms with Crippen LogP contribution >= 0.6 is 0 Å². The third kappa shape index (κ3) is 3.09. The molecule has 0 fully saturated rings. The molecular weight excluding hydrogens is 196 g/mol. The Morgan fingerprint density at radius 1 is 1.12 bits per heavy atom. The van der Waals surface area contributed by atoms with Crippen molar-refractivity contribution in [3.8, 4) is 0 Å². The Morgan fingerprint density at radius 3 is 2.75 bits per heavy atom. The van der Waals surface area contributed by atoms with E-state index in [0.717, 1.165) is 13.0 Å². The molecule has 2 nitrogen and oxygen atoms in total. The van der Waals surface area contributed by atoms with Crippen molar-refractivity contribution < 1.29 is 0 Å². The van der Waals surface area contributed by atoms with Gasteiger partial charge in [-0.15, -0.1) is 0 Å². The molecule has 1 heterocycles. The van der Waals surface area contributed by atoms with Crippen LogP contribution in [0.15, 0.2) is 35.3 Å². The summed E-state index contributed by atoms with van der Waals surface area (Å²) in [5.74, 6) is 1.19. The molecule has 1 aliphatic rings. The number of amidine groups is 1. The van der Waals surface area contributed by atoms with E-state index < -0.39 is 0 Å². The van der Waals surface area contributed by atoms with Gasteiger partial charge in [0.2, 0.25) is 0 Å². The van der Waals surface area contributed by atoms with E-state index >= 15 is 0 Å². The first-order valence-electron chi connectivity index (χ1n) is 6.21. The van der Waals surface area contributed by atoms with Crippen LogP contribution < -0.4 is 5.32 Å². The van der Waals surface area contributed by atoms with E-state index in [1.54, 1.807) is 0 Å². The van der Waals surface area contributed by atoms with Gasteiger partial charge >= 0.3 is 0 Å². The number of aliphatic imine (C=N–C) groups is 1. The number of rotatable bonds is 2. The predicted molar refractivity (Wildman–Crippen MR) is 68.8 cm³/mol. The summed E-state index contributed by atoms with van der Waals surface area (Å²) in [7, 11) is 0. The van der Waals surface area contributed by atoms with Gasteiger partial charge in [0.25, 0.3) is 0 Å². The van der Waals surface area contributed by atoms with Gasteiger partial charge in [-0.3, -0.25) is 4.99 Å². The Labute approximate surface area is 97.8 Å². The quantitative estimate of drug-likeness (QED) is 0.806. The minimum Gasteiger partial charge on any atom is -0.367 e. The smallest absolute Gasteiger partial charge is 0.0967 e. The van der Waals surface area contributed by atoms with Crippen LogP contribution in [0.5, 0.6) is 0 Å². The van der Waals surface area contributed by atoms with E-state index in [1.165, 1.54) is 30.7 Å². The molecule has 0 saturated carbocycles. The molecule has 0 amide bonds. The second kappa shape index (κ2) is 5.69. The van der Waals surface area contributed by atoms with Crippen LogP contribution in [0.4, 0.5) is 0 Å². The molecule has 1 atom stereocenters. The largest absolute Gasteiger partial charge is 0.367 e. The van der Waals surface area contributed by atoms with E-state index in [0.29, 0.717) is 6.04 Å². The van der Waals surface area contributed by atoms with Crippen molar-refractivity contribution in [2.75, 3.05) is 6.54 Å². The zero-order chi connectivity index (χ0) is 11.2. The second-order valence-electron chi connectivity index (χ2n) is 4.42. The van der Waals surface area contributed by atoms with Gasteiger partial charge in [0.1, 0.15) is 0 Å². The maximum Gasteiger partial charge on any atom is 0.0967 e. The van der Waals surface area contributed by atoms with Crippen LogP contribution in [0.2, 0.25) is 0 Å². The molecule has 1 N–H and O–H groups in total. The van der Waals surface area contributed by atoms with E-state index in [1.807, 2.05) is 0 Å². The molecule has 1 aromatic carbocycles. The van der Waals surface area contributed by atoms with E-state index in [4.69, 9.17) is 0 Å². The topological polar surface area (TPSA) is 24.4 Å². The van der Waals surface area contributed by atoms with Gasteiger partial charge in [-0.1, -0.05) is 36.8 Å². The lowest BCUT2D eigenvalue weighted by molar-refractivity contribution is 0.693. The second-order valence-corrected chi connectivity index (χ2v) is 4.42. The van der Waals surface area contributed by atoms with Crippen molar-refractivity contribution in [2.24, 2.45) is 4.99 Å². The lowest BCUT2D eigenvalue weighted by Gasteiger charge is -2.16. The summed E-state index contributed by atoms with van der Waals surface area (Å²) in [4.78, 5) is 4.59. The third-order valence-electron chi connectivity index (χ3n) is 3.06. The van der Waals surface area contributed by atoms with Gasteiger partial charge < -0.3 is 5.32 Å². The molecule has 86 valence electrons. The zero-order valence-electron chi connectivity index (χ0n) is 9.95. The van der Waals surface area contributed by atoms with Crippen LogP contribution in [0, 0.1) is 0 Å². The van der Waals surface area contributed by atoms with Crippen LogP contribution in [-0.4, -0.2) is 12.4 Å². The van der Waals surface area contributed by atoms with Gasteiger partial charge in [-0.25, -0.2) is 0 Å². The van der Waals surface area contributed by atoms with Gasteiger partial charge in [-0.2, -0.15) is 0 Å². The summed E-state index contributed by atoms with van der Waals surface area (Å²) in [6, 6.07) is 10.9. The van der Waals surface area contributed by atoms with Crippen molar-refractivity contribution in [1.29, 1.82) is 0 Å². The summed E-state index contributed by atoms with van der Waals surface area (Å²) in [6.07, 6.45) is 4.93. The molecule has 16 heavy (non-hydrogen) atoms. The van der Waals surface area contributed by atoms with Crippen molar-refractivity contribution in [3.63, 3.8) is 0 Å². The number of nitrogens with zero attached hydrogens (tertiary/aromatic N) is 1. The Hall–Kier alpha value is -1.31. The van der Waals surface area contributed by atoms with Crippen LogP contribution in [0.3, 0.4) is 0 Å². The standard InChI is InChI=1S/C14H20N2/c1-12(13-8-4-2-5-9-13)16-14-10-6-3-7-11-15-14/h2,4-5,8-9,12H,3,6-7,10-11H2,1H3,(H,15,16)/t12-/m0/s1. The van der Waals surface area contributed by atoms with E-state index in [9.17, 15) is 0 Å². The van der Waals surface area contributed by atoms with Gasteiger partial charge in [0.05, 0.1) is 5.84 Å².